The Morgan fingerprint density at radius 1 is 0.837 bits per heavy atom. The Balaban J connectivity index is 1.58. The predicted octanol–water partition coefficient (Wildman–Crippen LogP) is 4.43. The highest BCUT2D eigenvalue weighted by Crippen LogP contribution is 2.42. The van der Waals surface area contributed by atoms with Crippen molar-refractivity contribution >= 4 is 23.4 Å². The van der Waals surface area contributed by atoms with Crippen molar-refractivity contribution in [3.63, 3.8) is 0 Å². The van der Waals surface area contributed by atoms with Crippen molar-refractivity contribution in [3.05, 3.63) is 96.2 Å². The molecule has 12 nitrogen and oxygen atoms in total. The number of fused-ring (bicyclic) bond motifs is 1. The van der Waals surface area contributed by atoms with Crippen molar-refractivity contribution in [1.29, 1.82) is 0 Å². The number of esters is 1. The van der Waals surface area contributed by atoms with E-state index in [9.17, 15) is 9.59 Å². The molecule has 1 atom stereocenters. The van der Waals surface area contributed by atoms with Crippen LogP contribution in [-0.2, 0) is 16.1 Å². The van der Waals surface area contributed by atoms with Crippen LogP contribution in [0.2, 0.25) is 0 Å². The quantitative estimate of drug-likeness (QED) is 0.186. The van der Waals surface area contributed by atoms with E-state index in [0.717, 1.165) is 5.56 Å². The molecular weight excluding hydrogens is 652 g/mol. The molecular formula is C36H38N2O10S. The summed E-state index contributed by atoms with van der Waals surface area (Å²) in [6, 6.07) is 13.4. The van der Waals surface area contributed by atoms with Gasteiger partial charge < -0.3 is 37.9 Å². The number of carbonyl (C=O) groups excluding carboxylic acids is 1. The van der Waals surface area contributed by atoms with Gasteiger partial charge in [0.1, 0.15) is 18.1 Å². The molecule has 0 aliphatic carbocycles. The Hall–Kier alpha value is -5.43. The number of hydrogen-bond donors (Lipinski definition) is 0. The van der Waals surface area contributed by atoms with E-state index in [4.69, 9.17) is 37.9 Å². The van der Waals surface area contributed by atoms with Gasteiger partial charge in [0.2, 0.25) is 5.75 Å². The van der Waals surface area contributed by atoms with Crippen LogP contribution in [0.3, 0.4) is 0 Å². The number of carbonyl (C=O) groups is 1. The van der Waals surface area contributed by atoms with Crippen molar-refractivity contribution in [2.24, 2.45) is 4.99 Å². The van der Waals surface area contributed by atoms with Gasteiger partial charge in [-0.2, -0.15) is 0 Å². The number of ether oxygens (including phenoxy) is 8. The molecule has 1 aliphatic heterocycles. The van der Waals surface area contributed by atoms with Crippen LogP contribution in [0.25, 0.3) is 6.08 Å². The van der Waals surface area contributed by atoms with E-state index in [2.05, 4.69) is 4.99 Å². The smallest absolute Gasteiger partial charge is 0.338 e. The highest BCUT2D eigenvalue weighted by Gasteiger charge is 2.34. The Bertz CT molecular complexity index is 2060. The van der Waals surface area contributed by atoms with Crippen LogP contribution in [0.15, 0.2) is 69.6 Å². The number of aromatic nitrogens is 1. The Morgan fingerprint density at radius 2 is 1.51 bits per heavy atom. The Kier molecular flexibility index (Phi) is 10.8. The van der Waals surface area contributed by atoms with Crippen molar-refractivity contribution in [1.82, 2.24) is 4.57 Å². The molecule has 3 aromatic carbocycles. The fourth-order valence-electron chi connectivity index (χ4n) is 5.56. The Labute approximate surface area is 287 Å². The monoisotopic (exact) mass is 690 g/mol. The second kappa shape index (κ2) is 15.2. The van der Waals surface area contributed by atoms with Crippen LogP contribution >= 0.6 is 11.3 Å². The van der Waals surface area contributed by atoms with E-state index >= 15 is 0 Å². The maximum Gasteiger partial charge on any atom is 0.338 e. The third-order valence-corrected chi connectivity index (χ3v) is 8.86. The lowest BCUT2D eigenvalue weighted by Gasteiger charge is -2.26. The summed E-state index contributed by atoms with van der Waals surface area (Å²) in [7, 11) is 9.24. The maximum absolute atomic E-state index is 14.2. The van der Waals surface area contributed by atoms with Crippen molar-refractivity contribution in [3.8, 4) is 40.2 Å². The first-order valence-corrected chi connectivity index (χ1v) is 16.0. The standard InChI is InChI=1S/C36H38N2O10S/c1-9-47-35(40)31-20(2)37-36-38(32(31)22-17-28(44-6)33(46-8)29(18-22)45-7)34(39)30(49-36)15-21-10-12-26(27(14-21)43-5)48-19-23-16-24(41-3)11-13-25(23)42-4/h10-18,32H,9,19H2,1-8H3/b30-15-/t32-/m1/s1. The van der Waals surface area contributed by atoms with Gasteiger partial charge >= 0.3 is 5.97 Å². The average molecular weight is 691 g/mol. The van der Waals surface area contributed by atoms with Gasteiger partial charge in [-0.05, 0) is 73.5 Å². The summed E-state index contributed by atoms with van der Waals surface area (Å²) in [5.41, 5.74) is 2.36. The molecule has 0 bridgehead atoms. The van der Waals surface area contributed by atoms with Gasteiger partial charge in [-0.3, -0.25) is 9.36 Å². The van der Waals surface area contributed by atoms with Gasteiger partial charge in [0.15, 0.2) is 27.8 Å². The lowest BCUT2D eigenvalue weighted by atomic mass is 9.95. The van der Waals surface area contributed by atoms with Gasteiger partial charge in [0.25, 0.3) is 5.56 Å². The van der Waals surface area contributed by atoms with E-state index in [-0.39, 0.29) is 24.3 Å². The number of rotatable bonds is 13. The molecule has 258 valence electrons. The van der Waals surface area contributed by atoms with Crippen LogP contribution in [0, 0.1) is 0 Å². The zero-order valence-corrected chi connectivity index (χ0v) is 29.4. The number of thiazole rings is 1. The minimum atomic E-state index is -0.884. The molecule has 0 amide bonds. The first-order chi connectivity index (χ1) is 23.7. The van der Waals surface area contributed by atoms with Crippen molar-refractivity contribution in [2.45, 2.75) is 26.5 Å². The number of allylic oxidation sites excluding steroid dienone is 1. The molecule has 0 radical (unpaired) electrons. The summed E-state index contributed by atoms with van der Waals surface area (Å²) in [5.74, 6) is 2.86. The molecule has 0 spiro atoms. The van der Waals surface area contributed by atoms with Crippen LogP contribution in [0.1, 0.15) is 36.6 Å². The Morgan fingerprint density at radius 3 is 2.12 bits per heavy atom. The first-order valence-electron chi connectivity index (χ1n) is 15.2. The van der Waals surface area contributed by atoms with Crippen molar-refractivity contribution in [2.75, 3.05) is 49.3 Å². The summed E-state index contributed by atoms with van der Waals surface area (Å²) in [6.07, 6.45) is 1.75. The second-order valence-electron chi connectivity index (χ2n) is 10.6. The number of benzene rings is 3. The fourth-order valence-corrected chi connectivity index (χ4v) is 6.61. The molecule has 0 unspecified atom stereocenters. The van der Waals surface area contributed by atoms with Gasteiger partial charge in [-0.15, -0.1) is 0 Å². The molecule has 0 saturated heterocycles. The highest BCUT2D eigenvalue weighted by molar-refractivity contribution is 7.07. The van der Waals surface area contributed by atoms with E-state index in [1.165, 1.54) is 37.2 Å². The molecule has 0 N–H and O–H groups in total. The van der Waals surface area contributed by atoms with Crippen LogP contribution in [0.5, 0.6) is 40.2 Å². The van der Waals surface area contributed by atoms with Gasteiger partial charge in [-0.25, -0.2) is 9.79 Å². The zero-order chi connectivity index (χ0) is 35.2. The number of methoxy groups -OCH3 is 6. The lowest BCUT2D eigenvalue weighted by Crippen LogP contribution is -2.40. The van der Waals surface area contributed by atoms with Gasteiger partial charge in [0, 0.05) is 5.56 Å². The molecule has 1 aromatic heterocycles. The van der Waals surface area contributed by atoms with Crippen LogP contribution < -0.4 is 48.1 Å². The third kappa shape index (κ3) is 6.93. The minimum absolute atomic E-state index is 0.149. The lowest BCUT2D eigenvalue weighted by molar-refractivity contribution is -0.139. The zero-order valence-electron chi connectivity index (χ0n) is 28.6. The summed E-state index contributed by atoms with van der Waals surface area (Å²) in [4.78, 5) is 32.7. The van der Waals surface area contributed by atoms with E-state index < -0.39 is 12.0 Å². The van der Waals surface area contributed by atoms with Crippen LogP contribution in [-0.4, -0.2) is 59.8 Å². The molecule has 49 heavy (non-hydrogen) atoms. The summed E-state index contributed by atoms with van der Waals surface area (Å²) in [6.45, 7) is 3.80. The van der Waals surface area contributed by atoms with Gasteiger partial charge in [0.05, 0.1) is 71.1 Å². The van der Waals surface area contributed by atoms with E-state index in [1.54, 1.807) is 65.5 Å². The maximum atomic E-state index is 14.2. The molecule has 1 aliphatic rings. The molecule has 0 saturated carbocycles. The van der Waals surface area contributed by atoms with Gasteiger partial charge in [-0.1, -0.05) is 17.4 Å². The van der Waals surface area contributed by atoms with E-state index in [0.29, 0.717) is 66.4 Å². The molecule has 2 heterocycles. The largest absolute Gasteiger partial charge is 0.497 e. The van der Waals surface area contributed by atoms with E-state index in [1.807, 2.05) is 24.3 Å². The summed E-state index contributed by atoms with van der Waals surface area (Å²) < 4.78 is 46.6. The SMILES string of the molecule is CCOC(=O)C1=C(C)N=c2s/c(=C\c3ccc(OCc4cc(OC)ccc4OC)c(OC)c3)c(=O)n2[C@@H]1c1cc(OC)c(OC)c(OC)c1. The third-order valence-electron chi connectivity index (χ3n) is 7.88. The molecule has 4 aromatic rings. The molecule has 0 fully saturated rings. The fraction of sp³-hybridized carbons (Fsp3) is 0.306. The molecule has 13 heteroatoms. The predicted molar refractivity (Wildman–Crippen MR) is 183 cm³/mol. The van der Waals surface area contributed by atoms with Crippen LogP contribution in [0.4, 0.5) is 0 Å². The number of hydrogen-bond acceptors (Lipinski definition) is 12. The van der Waals surface area contributed by atoms with Crippen molar-refractivity contribution < 1.29 is 42.7 Å². The summed E-state index contributed by atoms with van der Waals surface area (Å²) >= 11 is 1.20. The number of nitrogens with zero attached hydrogens (tertiary/aromatic N) is 2. The normalized spacial score (nSPS) is 14.0. The molecule has 5 rings (SSSR count). The topological polar surface area (TPSA) is 125 Å². The average Bonchev–Trinajstić information content (AvgIpc) is 3.42. The summed E-state index contributed by atoms with van der Waals surface area (Å²) in [5, 5.41) is 0. The second-order valence-corrected chi connectivity index (χ2v) is 11.6. The highest BCUT2D eigenvalue weighted by atomic mass is 32.1. The first kappa shape index (κ1) is 34.9. The minimum Gasteiger partial charge on any atom is -0.497 e.